The number of carboxylic acids is 1. The summed E-state index contributed by atoms with van der Waals surface area (Å²) < 4.78 is 0.939. The number of aromatic nitrogens is 2. The summed E-state index contributed by atoms with van der Waals surface area (Å²) in [7, 11) is 0. The van der Waals surface area contributed by atoms with Gasteiger partial charge in [0, 0.05) is 0 Å². The summed E-state index contributed by atoms with van der Waals surface area (Å²) in [5, 5.41) is 15.0. The topological polar surface area (TPSA) is 75.1 Å². The normalized spacial score (nSPS) is 25.9. The molecule has 0 aliphatic heterocycles. The SMILES string of the molecule is Cc1csc2c(NC3(C(=O)O)CCCC(C)C3)ncnc12. The van der Waals surface area contributed by atoms with E-state index in [1.165, 1.54) is 6.33 Å². The van der Waals surface area contributed by atoms with E-state index >= 15 is 0 Å². The average Bonchev–Trinajstić information content (AvgIpc) is 2.82. The highest BCUT2D eigenvalue weighted by atomic mass is 32.1. The highest BCUT2D eigenvalue weighted by Gasteiger charge is 2.42. The summed E-state index contributed by atoms with van der Waals surface area (Å²) in [6.07, 6.45) is 4.80. The van der Waals surface area contributed by atoms with Gasteiger partial charge in [0.2, 0.25) is 0 Å². The summed E-state index contributed by atoms with van der Waals surface area (Å²) in [6, 6.07) is 0. The maximum absolute atomic E-state index is 11.9. The first kappa shape index (κ1) is 14.3. The van der Waals surface area contributed by atoms with Crippen LogP contribution >= 0.6 is 11.3 Å². The van der Waals surface area contributed by atoms with Crippen LogP contribution in [0.1, 0.15) is 38.2 Å². The van der Waals surface area contributed by atoms with E-state index in [4.69, 9.17) is 0 Å². The molecule has 0 saturated heterocycles. The Labute approximate surface area is 127 Å². The molecule has 2 atom stereocenters. The van der Waals surface area contributed by atoms with E-state index in [0.717, 1.165) is 28.6 Å². The van der Waals surface area contributed by atoms with Gasteiger partial charge in [-0.15, -0.1) is 11.3 Å². The first-order valence-electron chi connectivity index (χ1n) is 7.22. The highest BCUT2D eigenvalue weighted by molar-refractivity contribution is 7.18. The van der Waals surface area contributed by atoms with Gasteiger partial charge >= 0.3 is 5.97 Å². The summed E-state index contributed by atoms with van der Waals surface area (Å²) in [5.41, 5.74) is 1.10. The Balaban J connectivity index is 2.00. The summed E-state index contributed by atoms with van der Waals surface area (Å²) in [6.45, 7) is 4.12. The van der Waals surface area contributed by atoms with E-state index in [-0.39, 0.29) is 0 Å². The molecule has 0 amide bonds. The lowest BCUT2D eigenvalue weighted by atomic mass is 9.76. The molecular weight excluding hydrogens is 286 g/mol. The Kier molecular flexibility index (Phi) is 3.57. The molecule has 2 N–H and O–H groups in total. The fraction of sp³-hybridized carbons (Fsp3) is 0.533. The third kappa shape index (κ3) is 2.48. The van der Waals surface area contributed by atoms with Crippen LogP contribution in [0.2, 0.25) is 0 Å². The van der Waals surface area contributed by atoms with Gasteiger partial charge in [0.25, 0.3) is 0 Å². The van der Waals surface area contributed by atoms with Crippen molar-refractivity contribution in [2.75, 3.05) is 5.32 Å². The van der Waals surface area contributed by atoms with E-state index in [1.807, 2.05) is 12.3 Å². The number of thiophene rings is 1. The van der Waals surface area contributed by atoms with Crippen LogP contribution in [0.4, 0.5) is 5.82 Å². The number of aliphatic carboxylic acids is 1. The zero-order valence-electron chi connectivity index (χ0n) is 12.2. The van der Waals surface area contributed by atoms with Gasteiger partial charge in [-0.05, 0) is 36.6 Å². The summed E-state index contributed by atoms with van der Waals surface area (Å²) in [4.78, 5) is 20.4. The van der Waals surface area contributed by atoms with Gasteiger partial charge in [-0.1, -0.05) is 19.8 Å². The van der Waals surface area contributed by atoms with Crippen molar-refractivity contribution in [2.45, 2.75) is 45.1 Å². The number of hydrogen-bond acceptors (Lipinski definition) is 5. The molecule has 6 heteroatoms. The van der Waals surface area contributed by atoms with Crippen molar-refractivity contribution in [1.82, 2.24) is 9.97 Å². The molecule has 2 heterocycles. The third-order valence-electron chi connectivity index (χ3n) is 4.30. The van der Waals surface area contributed by atoms with E-state index in [0.29, 0.717) is 24.6 Å². The van der Waals surface area contributed by atoms with Gasteiger partial charge in [0.15, 0.2) is 0 Å². The van der Waals surface area contributed by atoms with Crippen molar-refractivity contribution >= 4 is 33.3 Å². The standard InChI is InChI=1S/C15H19N3O2S/c1-9-4-3-5-15(6-9,14(19)20)18-13-12-11(16-8-17-13)10(2)7-21-12/h7-9H,3-6H2,1-2H3,(H,19,20)(H,16,17,18). The minimum absolute atomic E-state index is 0.407. The summed E-state index contributed by atoms with van der Waals surface area (Å²) in [5.74, 6) is 0.272. The Morgan fingerprint density at radius 2 is 2.33 bits per heavy atom. The highest BCUT2D eigenvalue weighted by Crippen LogP contribution is 2.37. The first-order chi connectivity index (χ1) is 10.0. The molecule has 0 radical (unpaired) electrons. The molecule has 1 aliphatic carbocycles. The lowest BCUT2D eigenvalue weighted by Gasteiger charge is -2.37. The monoisotopic (exact) mass is 305 g/mol. The van der Waals surface area contributed by atoms with Crippen LogP contribution in [0, 0.1) is 12.8 Å². The maximum Gasteiger partial charge on any atom is 0.329 e. The molecule has 1 fully saturated rings. The Hall–Kier alpha value is -1.69. The Morgan fingerprint density at radius 3 is 3.05 bits per heavy atom. The molecular formula is C15H19N3O2S. The number of carbonyl (C=O) groups is 1. The second kappa shape index (κ2) is 5.26. The Bertz CT molecular complexity index is 685. The predicted molar refractivity (Wildman–Crippen MR) is 83.8 cm³/mol. The van der Waals surface area contributed by atoms with E-state index < -0.39 is 11.5 Å². The van der Waals surface area contributed by atoms with Crippen molar-refractivity contribution < 1.29 is 9.90 Å². The van der Waals surface area contributed by atoms with Gasteiger partial charge in [-0.2, -0.15) is 0 Å². The fourth-order valence-electron chi connectivity index (χ4n) is 3.20. The first-order valence-corrected chi connectivity index (χ1v) is 8.10. The van der Waals surface area contributed by atoms with Crippen LogP contribution in [0.3, 0.4) is 0 Å². The molecule has 1 saturated carbocycles. The van der Waals surface area contributed by atoms with E-state index in [9.17, 15) is 9.90 Å². The van der Waals surface area contributed by atoms with Crippen LogP contribution in [-0.2, 0) is 4.79 Å². The van der Waals surface area contributed by atoms with Crippen LogP contribution in [0.25, 0.3) is 10.2 Å². The van der Waals surface area contributed by atoms with Gasteiger partial charge in [0.05, 0.1) is 10.2 Å². The predicted octanol–water partition coefficient (Wildman–Crippen LogP) is 3.45. The van der Waals surface area contributed by atoms with Gasteiger partial charge in [-0.25, -0.2) is 14.8 Å². The summed E-state index contributed by atoms with van der Waals surface area (Å²) >= 11 is 1.56. The molecule has 21 heavy (non-hydrogen) atoms. The second-order valence-electron chi connectivity index (χ2n) is 6.03. The molecule has 2 unspecified atom stereocenters. The number of nitrogens with zero attached hydrogens (tertiary/aromatic N) is 2. The van der Waals surface area contributed by atoms with Crippen molar-refractivity contribution in [3.63, 3.8) is 0 Å². The lowest BCUT2D eigenvalue weighted by Crippen LogP contribution is -2.49. The number of carboxylic acid groups (broad SMARTS) is 1. The molecule has 5 nitrogen and oxygen atoms in total. The molecule has 112 valence electrons. The minimum Gasteiger partial charge on any atom is -0.480 e. The quantitative estimate of drug-likeness (QED) is 0.908. The fourth-order valence-corrected chi connectivity index (χ4v) is 4.14. The molecule has 0 bridgehead atoms. The molecule has 2 aromatic heterocycles. The number of fused-ring (bicyclic) bond motifs is 1. The van der Waals surface area contributed by atoms with Crippen LogP contribution in [0.15, 0.2) is 11.7 Å². The molecule has 1 aliphatic rings. The average molecular weight is 305 g/mol. The van der Waals surface area contributed by atoms with Gasteiger partial charge in [-0.3, -0.25) is 0 Å². The zero-order valence-corrected chi connectivity index (χ0v) is 13.0. The van der Waals surface area contributed by atoms with E-state index in [2.05, 4.69) is 22.2 Å². The smallest absolute Gasteiger partial charge is 0.329 e. The number of rotatable bonds is 3. The second-order valence-corrected chi connectivity index (χ2v) is 6.91. The Morgan fingerprint density at radius 1 is 1.52 bits per heavy atom. The minimum atomic E-state index is -0.906. The van der Waals surface area contributed by atoms with Crippen molar-refractivity contribution in [3.8, 4) is 0 Å². The number of anilines is 1. The number of nitrogens with one attached hydrogen (secondary N) is 1. The van der Waals surface area contributed by atoms with Crippen molar-refractivity contribution in [2.24, 2.45) is 5.92 Å². The largest absolute Gasteiger partial charge is 0.480 e. The molecule has 0 aromatic carbocycles. The third-order valence-corrected chi connectivity index (χ3v) is 5.39. The molecule has 3 rings (SSSR count). The van der Waals surface area contributed by atoms with Gasteiger partial charge in [0.1, 0.15) is 17.7 Å². The zero-order chi connectivity index (χ0) is 15.0. The van der Waals surface area contributed by atoms with Crippen molar-refractivity contribution in [3.05, 3.63) is 17.3 Å². The number of aryl methyl sites for hydroxylation is 1. The van der Waals surface area contributed by atoms with Crippen molar-refractivity contribution in [1.29, 1.82) is 0 Å². The van der Waals surface area contributed by atoms with Crippen LogP contribution in [-0.4, -0.2) is 26.6 Å². The number of hydrogen-bond donors (Lipinski definition) is 2. The molecule has 0 spiro atoms. The van der Waals surface area contributed by atoms with Gasteiger partial charge < -0.3 is 10.4 Å². The lowest BCUT2D eigenvalue weighted by molar-refractivity contribution is -0.144. The van der Waals surface area contributed by atoms with Crippen LogP contribution < -0.4 is 5.32 Å². The van der Waals surface area contributed by atoms with Crippen LogP contribution in [0.5, 0.6) is 0 Å². The molecule has 2 aromatic rings. The van der Waals surface area contributed by atoms with E-state index in [1.54, 1.807) is 11.3 Å². The maximum atomic E-state index is 11.9.